The summed E-state index contributed by atoms with van der Waals surface area (Å²) in [5.74, 6) is 0.442. The van der Waals surface area contributed by atoms with Crippen molar-refractivity contribution in [3.05, 3.63) is 64.7 Å². The quantitative estimate of drug-likeness (QED) is 0.568. The van der Waals surface area contributed by atoms with Crippen LogP contribution in [0.5, 0.6) is 5.75 Å². The number of amides is 2. The third-order valence-electron chi connectivity index (χ3n) is 6.50. The Hall–Kier alpha value is -2.82. The Bertz CT molecular complexity index is 930. The lowest BCUT2D eigenvalue weighted by molar-refractivity contribution is -0.143. The van der Waals surface area contributed by atoms with Crippen molar-refractivity contribution in [3.8, 4) is 5.75 Å². The van der Waals surface area contributed by atoms with Gasteiger partial charge < -0.3 is 15.0 Å². The van der Waals surface area contributed by atoms with E-state index in [4.69, 9.17) is 4.74 Å². The van der Waals surface area contributed by atoms with Crippen LogP contribution >= 0.6 is 0 Å². The number of hydrogen-bond donors (Lipinski definition) is 1. The van der Waals surface area contributed by atoms with E-state index in [1.807, 2.05) is 64.1 Å². The Labute approximate surface area is 198 Å². The maximum absolute atomic E-state index is 13.4. The van der Waals surface area contributed by atoms with Gasteiger partial charge >= 0.3 is 0 Å². The molecular weight excluding hydrogens is 412 g/mol. The van der Waals surface area contributed by atoms with E-state index in [9.17, 15) is 9.59 Å². The molecule has 178 valence electrons. The Morgan fingerprint density at radius 3 is 2.33 bits per heavy atom. The largest absolute Gasteiger partial charge is 0.484 e. The molecule has 1 saturated carbocycles. The van der Waals surface area contributed by atoms with E-state index < -0.39 is 6.04 Å². The molecule has 2 amide bonds. The summed E-state index contributed by atoms with van der Waals surface area (Å²) in [7, 11) is 0. The summed E-state index contributed by atoms with van der Waals surface area (Å²) in [6.45, 7) is 8.31. The van der Waals surface area contributed by atoms with Gasteiger partial charge in [-0.15, -0.1) is 0 Å². The van der Waals surface area contributed by atoms with Crippen LogP contribution in [0.1, 0.15) is 67.7 Å². The van der Waals surface area contributed by atoms with E-state index in [2.05, 4.69) is 11.4 Å². The minimum atomic E-state index is -0.526. The summed E-state index contributed by atoms with van der Waals surface area (Å²) in [6, 6.07) is 13.6. The van der Waals surface area contributed by atoms with Gasteiger partial charge in [0.15, 0.2) is 6.61 Å². The molecule has 33 heavy (non-hydrogen) atoms. The molecule has 0 aromatic heterocycles. The van der Waals surface area contributed by atoms with Crippen LogP contribution in [0.3, 0.4) is 0 Å². The van der Waals surface area contributed by atoms with Gasteiger partial charge in [-0.1, -0.05) is 56.5 Å². The van der Waals surface area contributed by atoms with Gasteiger partial charge in [-0.25, -0.2) is 0 Å². The first-order valence-corrected chi connectivity index (χ1v) is 12.2. The zero-order valence-corrected chi connectivity index (χ0v) is 20.5. The minimum Gasteiger partial charge on any atom is -0.484 e. The van der Waals surface area contributed by atoms with E-state index in [0.717, 1.165) is 47.9 Å². The van der Waals surface area contributed by atoms with Gasteiger partial charge in [0.2, 0.25) is 5.91 Å². The van der Waals surface area contributed by atoms with Gasteiger partial charge in [-0.05, 0) is 74.4 Å². The second kappa shape index (κ2) is 11.9. The number of nitrogens with zero attached hydrogens (tertiary/aromatic N) is 1. The average molecular weight is 451 g/mol. The van der Waals surface area contributed by atoms with Gasteiger partial charge in [0, 0.05) is 12.6 Å². The zero-order chi connectivity index (χ0) is 23.8. The summed E-state index contributed by atoms with van der Waals surface area (Å²) >= 11 is 0. The Morgan fingerprint density at radius 2 is 1.70 bits per heavy atom. The van der Waals surface area contributed by atoms with Crippen molar-refractivity contribution >= 4 is 11.8 Å². The second-order valence-electron chi connectivity index (χ2n) is 9.33. The highest BCUT2D eigenvalue weighted by Gasteiger charge is 2.30. The number of hydrogen-bond acceptors (Lipinski definition) is 3. The van der Waals surface area contributed by atoms with Gasteiger partial charge in [0.1, 0.15) is 11.8 Å². The zero-order valence-electron chi connectivity index (χ0n) is 20.5. The number of carbonyl (C=O) groups is 2. The Morgan fingerprint density at radius 1 is 1.03 bits per heavy atom. The SMILES string of the molecule is CCC(C(=O)NC1CCCCC1)N(Cc1ccccc1C)C(=O)COc1cc(C)cc(C)c1. The van der Waals surface area contributed by atoms with E-state index in [0.29, 0.717) is 18.7 Å². The molecule has 5 heteroatoms. The Kier molecular flexibility index (Phi) is 8.93. The van der Waals surface area contributed by atoms with Gasteiger partial charge in [-0.3, -0.25) is 9.59 Å². The van der Waals surface area contributed by atoms with Crippen molar-refractivity contribution in [2.75, 3.05) is 6.61 Å². The fourth-order valence-electron chi connectivity index (χ4n) is 4.68. The lowest BCUT2D eigenvalue weighted by atomic mass is 9.95. The molecule has 0 heterocycles. The number of rotatable bonds is 9. The predicted molar refractivity (Wildman–Crippen MR) is 132 cm³/mol. The average Bonchev–Trinajstić information content (AvgIpc) is 2.78. The van der Waals surface area contributed by atoms with Gasteiger partial charge in [0.05, 0.1) is 0 Å². The molecule has 1 atom stereocenters. The molecule has 1 aliphatic carbocycles. The van der Waals surface area contributed by atoms with Crippen molar-refractivity contribution in [2.45, 2.75) is 84.8 Å². The maximum atomic E-state index is 13.4. The van der Waals surface area contributed by atoms with Crippen LogP contribution in [0.25, 0.3) is 0 Å². The highest BCUT2D eigenvalue weighted by molar-refractivity contribution is 5.88. The highest BCUT2D eigenvalue weighted by Crippen LogP contribution is 2.21. The van der Waals surface area contributed by atoms with Crippen LogP contribution in [0.2, 0.25) is 0 Å². The normalized spacial score (nSPS) is 15.0. The van der Waals surface area contributed by atoms with Gasteiger partial charge in [-0.2, -0.15) is 0 Å². The summed E-state index contributed by atoms with van der Waals surface area (Å²) in [6.07, 6.45) is 6.12. The molecule has 2 aromatic rings. The standard InChI is InChI=1S/C28H38N2O3/c1-5-26(28(32)29-24-13-7-6-8-14-24)30(18-23-12-10-9-11-22(23)4)27(31)19-33-25-16-20(2)15-21(3)17-25/h9-12,15-17,24,26H,5-8,13-14,18-19H2,1-4H3,(H,29,32). The summed E-state index contributed by atoms with van der Waals surface area (Å²) in [5, 5.41) is 3.22. The lowest BCUT2D eigenvalue weighted by Crippen LogP contribution is -2.52. The van der Waals surface area contributed by atoms with Crippen LogP contribution in [0.15, 0.2) is 42.5 Å². The van der Waals surface area contributed by atoms with Crippen molar-refractivity contribution in [1.82, 2.24) is 10.2 Å². The van der Waals surface area contributed by atoms with E-state index in [1.54, 1.807) is 4.90 Å². The van der Waals surface area contributed by atoms with Crippen molar-refractivity contribution in [2.24, 2.45) is 0 Å². The summed E-state index contributed by atoms with van der Waals surface area (Å²) in [5.41, 5.74) is 4.33. The molecule has 1 N–H and O–H groups in total. The third kappa shape index (κ3) is 7.08. The minimum absolute atomic E-state index is 0.0577. The van der Waals surface area contributed by atoms with E-state index in [1.165, 1.54) is 6.42 Å². The Balaban J connectivity index is 1.78. The summed E-state index contributed by atoms with van der Waals surface area (Å²) < 4.78 is 5.88. The fraction of sp³-hybridized carbons (Fsp3) is 0.500. The van der Waals surface area contributed by atoms with Crippen molar-refractivity contribution < 1.29 is 14.3 Å². The van der Waals surface area contributed by atoms with Crippen molar-refractivity contribution in [3.63, 3.8) is 0 Å². The van der Waals surface area contributed by atoms with Crippen LogP contribution in [0.4, 0.5) is 0 Å². The lowest BCUT2D eigenvalue weighted by Gasteiger charge is -2.33. The number of ether oxygens (including phenoxy) is 1. The smallest absolute Gasteiger partial charge is 0.261 e. The maximum Gasteiger partial charge on any atom is 0.261 e. The molecule has 0 spiro atoms. The first-order chi connectivity index (χ1) is 15.9. The van der Waals surface area contributed by atoms with E-state index >= 15 is 0 Å². The highest BCUT2D eigenvalue weighted by atomic mass is 16.5. The molecule has 0 saturated heterocycles. The molecule has 1 fully saturated rings. The number of carbonyl (C=O) groups excluding carboxylic acids is 2. The third-order valence-corrected chi connectivity index (χ3v) is 6.50. The summed E-state index contributed by atoms with van der Waals surface area (Å²) in [4.78, 5) is 28.4. The molecule has 1 unspecified atom stereocenters. The van der Waals surface area contributed by atoms with Crippen LogP contribution in [0, 0.1) is 20.8 Å². The first-order valence-electron chi connectivity index (χ1n) is 12.2. The molecule has 0 radical (unpaired) electrons. The number of benzene rings is 2. The predicted octanol–water partition coefficient (Wildman–Crippen LogP) is 5.25. The van der Waals surface area contributed by atoms with Gasteiger partial charge in [0.25, 0.3) is 5.91 Å². The molecule has 0 bridgehead atoms. The van der Waals surface area contributed by atoms with Crippen LogP contribution in [-0.2, 0) is 16.1 Å². The van der Waals surface area contributed by atoms with Crippen LogP contribution in [-0.4, -0.2) is 35.4 Å². The van der Waals surface area contributed by atoms with Crippen LogP contribution < -0.4 is 10.1 Å². The molecule has 5 nitrogen and oxygen atoms in total. The number of aryl methyl sites for hydroxylation is 3. The first kappa shape index (κ1) is 24.8. The molecule has 2 aromatic carbocycles. The molecule has 1 aliphatic rings. The second-order valence-corrected chi connectivity index (χ2v) is 9.33. The topological polar surface area (TPSA) is 58.6 Å². The molecular formula is C28H38N2O3. The van der Waals surface area contributed by atoms with E-state index in [-0.39, 0.29) is 24.5 Å². The van der Waals surface area contributed by atoms with Crippen molar-refractivity contribution in [1.29, 1.82) is 0 Å². The monoisotopic (exact) mass is 450 g/mol. The molecule has 0 aliphatic heterocycles. The number of nitrogens with one attached hydrogen (secondary N) is 1. The molecule has 3 rings (SSSR count). The fourth-order valence-corrected chi connectivity index (χ4v) is 4.68.